The average Bonchev–Trinajstić information content (AvgIpc) is 3.26. The molecule has 2 rings (SSSR count). The minimum atomic E-state index is -0.0639. The Morgan fingerprint density at radius 1 is 1.32 bits per heavy atom. The summed E-state index contributed by atoms with van der Waals surface area (Å²) in [6.45, 7) is 13.3. The number of carbonyl (C=O) groups excluding carboxylic acids is 1. The van der Waals surface area contributed by atoms with Crippen LogP contribution < -0.4 is 5.32 Å². The molecule has 0 aromatic heterocycles. The summed E-state index contributed by atoms with van der Waals surface area (Å²) < 4.78 is 5.80. The molecule has 1 saturated heterocycles. The van der Waals surface area contributed by atoms with Gasteiger partial charge in [-0.25, -0.2) is 4.79 Å². The van der Waals surface area contributed by atoms with Crippen LogP contribution in [0.3, 0.4) is 0 Å². The first-order valence-corrected chi connectivity index (χ1v) is 8.62. The van der Waals surface area contributed by atoms with E-state index in [9.17, 15) is 4.79 Å². The van der Waals surface area contributed by atoms with Crippen molar-refractivity contribution in [2.24, 2.45) is 5.92 Å². The van der Waals surface area contributed by atoms with Gasteiger partial charge >= 0.3 is 6.03 Å². The van der Waals surface area contributed by atoms with Crippen LogP contribution >= 0.6 is 0 Å². The third-order valence-corrected chi connectivity index (χ3v) is 5.18. The van der Waals surface area contributed by atoms with E-state index in [1.807, 2.05) is 11.9 Å². The van der Waals surface area contributed by atoms with Crippen molar-refractivity contribution in [1.82, 2.24) is 15.1 Å². The fourth-order valence-electron chi connectivity index (χ4n) is 3.28. The third-order valence-electron chi connectivity index (χ3n) is 5.18. The van der Waals surface area contributed by atoms with Crippen molar-refractivity contribution in [2.45, 2.75) is 71.2 Å². The van der Waals surface area contributed by atoms with Crippen molar-refractivity contribution >= 4 is 6.03 Å². The number of urea groups is 1. The van der Waals surface area contributed by atoms with Gasteiger partial charge in [-0.1, -0.05) is 0 Å². The summed E-state index contributed by atoms with van der Waals surface area (Å²) in [4.78, 5) is 16.6. The van der Waals surface area contributed by atoms with Crippen LogP contribution in [0.2, 0.25) is 0 Å². The molecule has 1 aliphatic carbocycles. The van der Waals surface area contributed by atoms with E-state index < -0.39 is 0 Å². The van der Waals surface area contributed by atoms with Crippen LogP contribution in [0, 0.1) is 5.92 Å². The zero-order valence-corrected chi connectivity index (χ0v) is 15.1. The van der Waals surface area contributed by atoms with Gasteiger partial charge in [0.25, 0.3) is 0 Å². The molecule has 0 unspecified atom stereocenters. The quantitative estimate of drug-likeness (QED) is 0.847. The van der Waals surface area contributed by atoms with Crippen LogP contribution in [0.25, 0.3) is 0 Å². The van der Waals surface area contributed by atoms with Gasteiger partial charge in [0.05, 0.1) is 12.2 Å². The molecule has 22 heavy (non-hydrogen) atoms. The summed E-state index contributed by atoms with van der Waals surface area (Å²) in [7, 11) is 1.91. The second-order valence-electron chi connectivity index (χ2n) is 7.82. The molecule has 0 bridgehead atoms. The molecule has 3 atom stereocenters. The summed E-state index contributed by atoms with van der Waals surface area (Å²) in [5.41, 5.74) is -0.0639. The molecule has 128 valence electrons. The minimum Gasteiger partial charge on any atom is -0.373 e. The number of ether oxygens (including phenoxy) is 1. The number of morpholine rings is 1. The van der Waals surface area contributed by atoms with Crippen molar-refractivity contribution in [2.75, 3.05) is 26.7 Å². The van der Waals surface area contributed by atoms with Crippen molar-refractivity contribution < 1.29 is 9.53 Å². The van der Waals surface area contributed by atoms with Gasteiger partial charge in [0, 0.05) is 38.3 Å². The van der Waals surface area contributed by atoms with E-state index in [1.54, 1.807) is 0 Å². The van der Waals surface area contributed by atoms with Gasteiger partial charge in [0.2, 0.25) is 0 Å². The van der Waals surface area contributed by atoms with Crippen LogP contribution in [0.4, 0.5) is 4.79 Å². The van der Waals surface area contributed by atoms with Gasteiger partial charge < -0.3 is 15.0 Å². The van der Waals surface area contributed by atoms with Crippen LogP contribution in [-0.4, -0.2) is 66.3 Å². The zero-order valence-electron chi connectivity index (χ0n) is 15.1. The highest BCUT2D eigenvalue weighted by Gasteiger charge is 2.35. The van der Waals surface area contributed by atoms with Gasteiger partial charge in [-0.3, -0.25) is 4.90 Å². The molecule has 5 nitrogen and oxygen atoms in total. The Bertz CT molecular complexity index is 385. The van der Waals surface area contributed by atoms with E-state index in [0.717, 1.165) is 13.1 Å². The van der Waals surface area contributed by atoms with E-state index in [1.165, 1.54) is 12.8 Å². The second-order valence-corrected chi connectivity index (χ2v) is 7.82. The number of hydrogen-bond acceptors (Lipinski definition) is 3. The van der Waals surface area contributed by atoms with Crippen molar-refractivity contribution in [1.29, 1.82) is 0 Å². The van der Waals surface area contributed by atoms with Crippen LogP contribution in [-0.2, 0) is 4.74 Å². The van der Waals surface area contributed by atoms with Crippen molar-refractivity contribution in [3.05, 3.63) is 0 Å². The van der Waals surface area contributed by atoms with Gasteiger partial charge in [-0.05, 0) is 53.4 Å². The predicted molar refractivity (Wildman–Crippen MR) is 89.0 cm³/mol. The number of hydrogen-bond donors (Lipinski definition) is 1. The maximum Gasteiger partial charge on any atom is 0.317 e. The van der Waals surface area contributed by atoms with E-state index in [-0.39, 0.29) is 23.8 Å². The topological polar surface area (TPSA) is 44.8 Å². The summed E-state index contributed by atoms with van der Waals surface area (Å²) in [5.74, 6) is 0.699. The van der Waals surface area contributed by atoms with Crippen molar-refractivity contribution in [3.63, 3.8) is 0 Å². The number of nitrogens with one attached hydrogen (secondary N) is 1. The third kappa shape index (κ3) is 4.35. The molecule has 2 aliphatic rings. The highest BCUT2D eigenvalue weighted by atomic mass is 16.5. The molecular formula is C17H33N3O2. The van der Waals surface area contributed by atoms with Gasteiger partial charge in [0.1, 0.15) is 0 Å². The average molecular weight is 311 g/mol. The Morgan fingerprint density at radius 2 is 1.86 bits per heavy atom. The minimum absolute atomic E-state index is 0.0434. The van der Waals surface area contributed by atoms with Crippen LogP contribution in [0.15, 0.2) is 0 Å². The van der Waals surface area contributed by atoms with E-state index in [4.69, 9.17) is 4.74 Å². The molecule has 0 radical (unpaired) electrons. The summed E-state index contributed by atoms with van der Waals surface area (Å²) >= 11 is 0. The number of amides is 2. The monoisotopic (exact) mass is 311 g/mol. The molecule has 2 amide bonds. The molecule has 2 fully saturated rings. The Kier molecular flexibility index (Phi) is 5.38. The predicted octanol–water partition coefficient (Wildman–Crippen LogP) is 2.31. The van der Waals surface area contributed by atoms with Crippen LogP contribution in [0.1, 0.15) is 47.5 Å². The lowest BCUT2D eigenvalue weighted by Gasteiger charge is -2.45. The maximum atomic E-state index is 12.3. The largest absolute Gasteiger partial charge is 0.373 e. The zero-order chi connectivity index (χ0) is 16.5. The Labute approximate surface area is 135 Å². The summed E-state index contributed by atoms with van der Waals surface area (Å²) in [5, 5.41) is 3.12. The molecule has 0 aromatic rings. The van der Waals surface area contributed by atoms with Gasteiger partial charge in [-0.2, -0.15) is 0 Å². The fraction of sp³-hybridized carbons (Fsp3) is 0.941. The normalized spacial score (nSPS) is 28.3. The molecule has 0 spiro atoms. The smallest absolute Gasteiger partial charge is 0.317 e. The van der Waals surface area contributed by atoms with Crippen LogP contribution in [0.5, 0.6) is 0 Å². The lowest BCUT2D eigenvalue weighted by molar-refractivity contribution is -0.0948. The SMILES string of the molecule is C[C@@H]1CN(C(C)(C)CNC(=O)N(C)[C@H](C)C2CC2)C[C@@H](C)O1. The lowest BCUT2D eigenvalue weighted by Crippen LogP contribution is -2.59. The van der Waals surface area contributed by atoms with E-state index in [0.29, 0.717) is 18.5 Å². The second kappa shape index (κ2) is 6.75. The first-order chi connectivity index (χ1) is 10.2. The highest BCUT2D eigenvalue weighted by molar-refractivity contribution is 5.74. The Hall–Kier alpha value is -0.810. The molecule has 1 N–H and O–H groups in total. The van der Waals surface area contributed by atoms with E-state index in [2.05, 4.69) is 44.8 Å². The first kappa shape index (κ1) is 17.5. The Morgan fingerprint density at radius 3 is 2.36 bits per heavy atom. The molecular weight excluding hydrogens is 278 g/mol. The highest BCUT2D eigenvalue weighted by Crippen LogP contribution is 2.34. The molecule has 0 aromatic carbocycles. The number of rotatable bonds is 5. The molecule has 5 heteroatoms. The summed E-state index contributed by atoms with van der Waals surface area (Å²) in [6.07, 6.45) is 3.01. The number of carbonyl (C=O) groups is 1. The molecule has 1 aliphatic heterocycles. The number of nitrogens with zero attached hydrogens (tertiary/aromatic N) is 2. The fourth-order valence-corrected chi connectivity index (χ4v) is 3.28. The summed E-state index contributed by atoms with van der Waals surface area (Å²) in [6, 6.07) is 0.383. The van der Waals surface area contributed by atoms with Crippen molar-refractivity contribution in [3.8, 4) is 0 Å². The lowest BCUT2D eigenvalue weighted by atomic mass is 10.00. The van der Waals surface area contributed by atoms with Gasteiger partial charge in [-0.15, -0.1) is 0 Å². The maximum absolute atomic E-state index is 12.3. The molecule has 1 saturated carbocycles. The standard InChI is InChI=1S/C17H33N3O2/c1-12-9-20(10-13(2)22-12)17(4,5)11-18-16(21)19(6)14(3)15-7-8-15/h12-15H,7-11H2,1-6H3,(H,18,21)/t12-,13-,14-/m1/s1. The molecule has 1 heterocycles. The Balaban J connectivity index is 1.84. The van der Waals surface area contributed by atoms with Gasteiger partial charge in [0.15, 0.2) is 0 Å². The first-order valence-electron chi connectivity index (χ1n) is 8.62. The van der Waals surface area contributed by atoms with E-state index >= 15 is 0 Å².